The number of aliphatic hydroxyl groups is 1. The van der Waals surface area contributed by atoms with E-state index < -0.39 is 23.8 Å². The molecular weight excluding hydrogens is 284 g/mol. The molecule has 1 heterocycles. The summed E-state index contributed by atoms with van der Waals surface area (Å²) < 4.78 is 5.36. The zero-order valence-corrected chi connectivity index (χ0v) is 13.8. The highest BCUT2D eigenvalue weighted by Crippen LogP contribution is 2.24. The van der Waals surface area contributed by atoms with E-state index in [2.05, 4.69) is 5.32 Å². The van der Waals surface area contributed by atoms with Crippen LogP contribution in [-0.4, -0.2) is 52.3 Å². The molecule has 6 heteroatoms. The molecule has 0 spiro atoms. The largest absolute Gasteiger partial charge is 0.444 e. The van der Waals surface area contributed by atoms with E-state index in [9.17, 15) is 14.7 Å². The van der Waals surface area contributed by atoms with Gasteiger partial charge in [0.1, 0.15) is 5.60 Å². The summed E-state index contributed by atoms with van der Waals surface area (Å²) in [5.74, 6) is -0.368. The molecule has 0 aromatic rings. The second-order valence-electron chi connectivity index (χ2n) is 7.32. The van der Waals surface area contributed by atoms with Crippen LogP contribution in [0.25, 0.3) is 0 Å². The molecule has 2 aliphatic rings. The van der Waals surface area contributed by atoms with Gasteiger partial charge in [0.2, 0.25) is 0 Å². The lowest BCUT2D eigenvalue weighted by Crippen LogP contribution is -2.52. The average Bonchev–Trinajstić information content (AvgIpc) is 3.06. The Hall–Kier alpha value is -1.30. The van der Waals surface area contributed by atoms with Gasteiger partial charge in [-0.15, -0.1) is 0 Å². The van der Waals surface area contributed by atoms with Crippen LogP contribution >= 0.6 is 0 Å². The molecule has 2 N–H and O–H groups in total. The van der Waals surface area contributed by atoms with Crippen molar-refractivity contribution in [1.82, 2.24) is 10.2 Å². The van der Waals surface area contributed by atoms with Gasteiger partial charge in [0.15, 0.2) is 6.10 Å². The Labute approximate surface area is 132 Å². The highest BCUT2D eigenvalue weighted by atomic mass is 16.6. The van der Waals surface area contributed by atoms with Crippen LogP contribution in [-0.2, 0) is 9.53 Å². The minimum atomic E-state index is -1.18. The van der Waals surface area contributed by atoms with E-state index in [-0.39, 0.29) is 11.9 Å². The summed E-state index contributed by atoms with van der Waals surface area (Å²) in [6.07, 6.45) is 3.94. The number of hydrogen-bond acceptors (Lipinski definition) is 4. The summed E-state index contributed by atoms with van der Waals surface area (Å²) in [6, 6.07) is -0.324. The third-order valence-corrected chi connectivity index (χ3v) is 4.26. The van der Waals surface area contributed by atoms with Gasteiger partial charge in [0, 0.05) is 12.6 Å². The predicted octanol–water partition coefficient (Wildman–Crippen LogP) is 1.81. The molecular formula is C16H28N2O4. The van der Waals surface area contributed by atoms with E-state index in [0.29, 0.717) is 13.0 Å². The molecule has 0 aromatic heterocycles. The minimum absolute atomic E-state index is 0.165. The van der Waals surface area contributed by atoms with Crippen LogP contribution in [0.2, 0.25) is 0 Å². The Balaban J connectivity index is 1.93. The first-order valence-corrected chi connectivity index (χ1v) is 8.26. The quantitative estimate of drug-likeness (QED) is 0.833. The van der Waals surface area contributed by atoms with Gasteiger partial charge in [-0.1, -0.05) is 12.8 Å². The zero-order chi connectivity index (χ0) is 16.3. The number of ether oxygens (including phenoxy) is 1. The highest BCUT2D eigenvalue weighted by Gasteiger charge is 2.39. The lowest BCUT2D eigenvalue weighted by Gasteiger charge is -2.31. The first-order chi connectivity index (χ1) is 10.3. The van der Waals surface area contributed by atoms with Gasteiger partial charge in [-0.25, -0.2) is 4.79 Å². The summed E-state index contributed by atoms with van der Waals surface area (Å²) in [7, 11) is 0. The Morgan fingerprint density at radius 2 is 1.82 bits per heavy atom. The van der Waals surface area contributed by atoms with E-state index in [0.717, 1.165) is 32.1 Å². The molecule has 0 aromatic carbocycles. The van der Waals surface area contributed by atoms with Crippen LogP contribution in [0.5, 0.6) is 0 Å². The number of amides is 2. The second-order valence-corrected chi connectivity index (χ2v) is 7.32. The molecule has 1 saturated carbocycles. The molecule has 126 valence electrons. The lowest BCUT2D eigenvalue weighted by molar-refractivity contribution is -0.132. The van der Waals surface area contributed by atoms with Gasteiger partial charge in [-0.2, -0.15) is 0 Å². The molecule has 6 nitrogen and oxygen atoms in total. The molecule has 1 saturated heterocycles. The van der Waals surface area contributed by atoms with Gasteiger partial charge in [0.25, 0.3) is 5.91 Å². The number of nitrogens with one attached hydrogen (secondary N) is 1. The van der Waals surface area contributed by atoms with E-state index in [1.165, 1.54) is 4.90 Å². The van der Waals surface area contributed by atoms with Crippen molar-refractivity contribution < 1.29 is 19.4 Å². The maximum atomic E-state index is 12.2. The summed E-state index contributed by atoms with van der Waals surface area (Å²) in [6.45, 7) is 5.94. The summed E-state index contributed by atoms with van der Waals surface area (Å²) >= 11 is 0. The summed E-state index contributed by atoms with van der Waals surface area (Å²) in [5.41, 5.74) is -0.582. The molecule has 2 amide bonds. The zero-order valence-electron chi connectivity index (χ0n) is 13.8. The second kappa shape index (κ2) is 6.86. The maximum Gasteiger partial charge on any atom is 0.410 e. The van der Waals surface area contributed by atoms with Crippen LogP contribution in [0.4, 0.5) is 4.79 Å². The Morgan fingerprint density at radius 3 is 2.41 bits per heavy atom. The van der Waals surface area contributed by atoms with E-state index in [1.807, 2.05) is 0 Å². The monoisotopic (exact) mass is 312 g/mol. The molecule has 2 rings (SSSR count). The molecule has 0 bridgehead atoms. The molecule has 2 unspecified atom stereocenters. The van der Waals surface area contributed by atoms with Crippen LogP contribution in [0.1, 0.15) is 59.3 Å². The van der Waals surface area contributed by atoms with Crippen molar-refractivity contribution in [3.8, 4) is 0 Å². The highest BCUT2D eigenvalue weighted by molar-refractivity contribution is 5.82. The van der Waals surface area contributed by atoms with E-state index in [4.69, 9.17) is 4.74 Å². The molecule has 2 fully saturated rings. The van der Waals surface area contributed by atoms with Crippen molar-refractivity contribution in [2.24, 2.45) is 0 Å². The standard InChI is InChI=1S/C16H28N2O4/c1-16(2,3)22-15(21)18-10-6-9-12(18)13(19)14(20)17-11-7-4-5-8-11/h11-13,19H,4-10H2,1-3H3,(H,17,20). The first kappa shape index (κ1) is 17.1. The van der Waals surface area contributed by atoms with Gasteiger partial charge in [-0.05, 0) is 46.5 Å². The van der Waals surface area contributed by atoms with Crippen LogP contribution in [0.15, 0.2) is 0 Å². The number of carbonyl (C=O) groups is 2. The average molecular weight is 312 g/mol. The van der Waals surface area contributed by atoms with Gasteiger partial charge in [0.05, 0.1) is 6.04 Å². The van der Waals surface area contributed by atoms with Crippen molar-refractivity contribution >= 4 is 12.0 Å². The van der Waals surface area contributed by atoms with Crippen molar-refractivity contribution in [3.05, 3.63) is 0 Å². The third kappa shape index (κ3) is 4.35. The SMILES string of the molecule is CC(C)(C)OC(=O)N1CCCC1C(O)C(=O)NC1CCCC1. The molecule has 2 atom stereocenters. The third-order valence-electron chi connectivity index (χ3n) is 4.26. The number of aliphatic hydroxyl groups excluding tert-OH is 1. The minimum Gasteiger partial charge on any atom is -0.444 e. The number of hydrogen-bond donors (Lipinski definition) is 2. The Morgan fingerprint density at radius 1 is 1.18 bits per heavy atom. The predicted molar refractivity (Wildman–Crippen MR) is 82.4 cm³/mol. The van der Waals surface area contributed by atoms with Crippen molar-refractivity contribution in [1.29, 1.82) is 0 Å². The van der Waals surface area contributed by atoms with Crippen molar-refractivity contribution in [2.45, 2.75) is 83.1 Å². The van der Waals surface area contributed by atoms with Crippen molar-refractivity contribution in [2.75, 3.05) is 6.54 Å². The Bertz CT molecular complexity index is 413. The Kier molecular flexibility index (Phi) is 5.32. The van der Waals surface area contributed by atoms with Crippen molar-refractivity contribution in [3.63, 3.8) is 0 Å². The number of carbonyl (C=O) groups excluding carboxylic acids is 2. The summed E-state index contributed by atoms with van der Waals surface area (Å²) in [5, 5.41) is 13.2. The molecule has 22 heavy (non-hydrogen) atoms. The fourth-order valence-corrected chi connectivity index (χ4v) is 3.20. The van der Waals surface area contributed by atoms with Gasteiger partial charge < -0.3 is 20.1 Å². The maximum absolute atomic E-state index is 12.2. The number of likely N-dealkylation sites (tertiary alicyclic amines) is 1. The van der Waals surface area contributed by atoms with Crippen LogP contribution < -0.4 is 5.32 Å². The molecule has 0 radical (unpaired) electrons. The smallest absolute Gasteiger partial charge is 0.410 e. The van der Waals surface area contributed by atoms with Crippen LogP contribution in [0, 0.1) is 0 Å². The normalized spacial score (nSPS) is 24.4. The lowest BCUT2D eigenvalue weighted by atomic mass is 10.1. The first-order valence-electron chi connectivity index (χ1n) is 8.26. The van der Waals surface area contributed by atoms with Crippen LogP contribution in [0.3, 0.4) is 0 Å². The van der Waals surface area contributed by atoms with Gasteiger partial charge >= 0.3 is 6.09 Å². The number of rotatable bonds is 3. The fourth-order valence-electron chi connectivity index (χ4n) is 3.20. The topological polar surface area (TPSA) is 78.9 Å². The van der Waals surface area contributed by atoms with Gasteiger partial charge in [-0.3, -0.25) is 4.79 Å². The van der Waals surface area contributed by atoms with E-state index >= 15 is 0 Å². The number of nitrogens with zero attached hydrogens (tertiary/aromatic N) is 1. The van der Waals surface area contributed by atoms with E-state index in [1.54, 1.807) is 20.8 Å². The molecule has 1 aliphatic carbocycles. The molecule has 1 aliphatic heterocycles. The fraction of sp³-hybridized carbons (Fsp3) is 0.875. The summed E-state index contributed by atoms with van der Waals surface area (Å²) in [4.78, 5) is 25.9.